The molecule has 0 amide bonds. The second kappa shape index (κ2) is 8.20. The third-order valence-corrected chi connectivity index (χ3v) is 1.94. The van der Waals surface area contributed by atoms with E-state index < -0.39 is 0 Å². The number of nitrogens with zero attached hydrogens (tertiary/aromatic N) is 1. The second-order valence-corrected chi connectivity index (χ2v) is 3.55. The van der Waals surface area contributed by atoms with Crippen molar-refractivity contribution < 1.29 is 4.79 Å². The van der Waals surface area contributed by atoms with Crippen LogP contribution >= 0.6 is 0 Å². The summed E-state index contributed by atoms with van der Waals surface area (Å²) in [6.07, 6.45) is 2.38. The fraction of sp³-hybridized carbons (Fsp3) is 0.900. The van der Waals surface area contributed by atoms with E-state index in [-0.39, 0.29) is 0 Å². The lowest BCUT2D eigenvalue weighted by molar-refractivity contribution is -0.118. The SMILES string of the molecule is CCC(=O)CCCNCCN(C)C. The standard InChI is InChI=1S/C10H22N2O/c1-4-10(13)6-5-7-11-8-9-12(2)3/h11H,4-9H2,1-3H3. The van der Waals surface area contributed by atoms with Gasteiger partial charge in [0.15, 0.2) is 0 Å². The van der Waals surface area contributed by atoms with Gasteiger partial charge in [-0.1, -0.05) is 6.92 Å². The van der Waals surface area contributed by atoms with Crippen LogP contribution in [-0.2, 0) is 4.79 Å². The summed E-state index contributed by atoms with van der Waals surface area (Å²) < 4.78 is 0. The topological polar surface area (TPSA) is 32.3 Å². The van der Waals surface area contributed by atoms with Gasteiger partial charge in [-0.2, -0.15) is 0 Å². The summed E-state index contributed by atoms with van der Waals surface area (Å²) in [5.41, 5.74) is 0. The number of Topliss-reactive ketones (excluding diaryl/α,β-unsaturated/α-hetero) is 1. The van der Waals surface area contributed by atoms with E-state index in [0.717, 1.165) is 32.5 Å². The highest BCUT2D eigenvalue weighted by Gasteiger charge is 1.96. The maximum Gasteiger partial charge on any atom is 0.132 e. The van der Waals surface area contributed by atoms with Crippen molar-refractivity contribution >= 4 is 5.78 Å². The van der Waals surface area contributed by atoms with Gasteiger partial charge in [-0.05, 0) is 27.1 Å². The minimum atomic E-state index is 0.370. The molecule has 13 heavy (non-hydrogen) atoms. The van der Waals surface area contributed by atoms with Crippen LogP contribution < -0.4 is 5.32 Å². The smallest absolute Gasteiger partial charge is 0.132 e. The molecule has 0 aliphatic carbocycles. The van der Waals surface area contributed by atoms with Crippen LogP contribution in [0.4, 0.5) is 0 Å². The molecule has 0 aliphatic heterocycles. The normalized spacial score (nSPS) is 10.8. The highest BCUT2D eigenvalue weighted by molar-refractivity contribution is 5.77. The highest BCUT2D eigenvalue weighted by atomic mass is 16.1. The van der Waals surface area contributed by atoms with Crippen LogP contribution in [0.3, 0.4) is 0 Å². The largest absolute Gasteiger partial charge is 0.315 e. The summed E-state index contributed by atoms with van der Waals surface area (Å²) in [4.78, 5) is 13.1. The molecule has 0 heterocycles. The van der Waals surface area contributed by atoms with E-state index in [1.165, 1.54) is 0 Å². The molecule has 0 fully saturated rings. The molecular weight excluding hydrogens is 164 g/mol. The van der Waals surface area contributed by atoms with Crippen LogP contribution in [0, 0.1) is 0 Å². The number of carbonyl (C=O) groups excluding carboxylic acids is 1. The summed E-state index contributed by atoms with van der Waals surface area (Å²) >= 11 is 0. The van der Waals surface area contributed by atoms with Crippen LogP contribution in [0.25, 0.3) is 0 Å². The molecule has 0 rings (SSSR count). The van der Waals surface area contributed by atoms with E-state index in [4.69, 9.17) is 0 Å². The van der Waals surface area contributed by atoms with Crippen molar-refractivity contribution in [2.45, 2.75) is 26.2 Å². The first-order valence-electron chi connectivity index (χ1n) is 5.04. The Balaban J connectivity index is 3.04. The van der Waals surface area contributed by atoms with Gasteiger partial charge in [0, 0.05) is 25.9 Å². The van der Waals surface area contributed by atoms with Crippen LogP contribution in [0.15, 0.2) is 0 Å². The molecule has 0 bridgehead atoms. The van der Waals surface area contributed by atoms with Gasteiger partial charge in [0.05, 0.1) is 0 Å². The molecule has 78 valence electrons. The van der Waals surface area contributed by atoms with Gasteiger partial charge in [0.2, 0.25) is 0 Å². The fourth-order valence-electron chi connectivity index (χ4n) is 1.01. The molecule has 0 aliphatic rings. The van der Waals surface area contributed by atoms with E-state index in [1.54, 1.807) is 0 Å². The van der Waals surface area contributed by atoms with Gasteiger partial charge in [0.25, 0.3) is 0 Å². The lowest BCUT2D eigenvalue weighted by Crippen LogP contribution is -2.27. The third kappa shape index (κ3) is 9.50. The molecule has 3 heteroatoms. The van der Waals surface area contributed by atoms with Gasteiger partial charge in [-0.15, -0.1) is 0 Å². The summed E-state index contributed by atoms with van der Waals surface area (Å²) in [5.74, 6) is 0.370. The molecule has 3 nitrogen and oxygen atoms in total. The predicted octanol–water partition coefficient (Wildman–Crippen LogP) is 0.897. The molecule has 0 aromatic carbocycles. The number of hydrogen-bond donors (Lipinski definition) is 1. The zero-order valence-electron chi connectivity index (χ0n) is 9.10. The monoisotopic (exact) mass is 186 g/mol. The summed E-state index contributed by atoms with van der Waals surface area (Å²) in [6.45, 7) is 4.94. The van der Waals surface area contributed by atoms with Gasteiger partial charge >= 0.3 is 0 Å². The Bertz CT molecular complexity index is 135. The number of hydrogen-bond acceptors (Lipinski definition) is 3. The quantitative estimate of drug-likeness (QED) is 0.572. The van der Waals surface area contributed by atoms with E-state index in [1.807, 2.05) is 6.92 Å². The zero-order chi connectivity index (χ0) is 10.1. The molecular formula is C10H22N2O. The number of likely N-dealkylation sites (N-methyl/N-ethyl adjacent to an activating group) is 1. The van der Waals surface area contributed by atoms with Crippen molar-refractivity contribution in [1.82, 2.24) is 10.2 Å². The Labute approximate surface area is 81.5 Å². The van der Waals surface area contributed by atoms with Gasteiger partial charge in [0.1, 0.15) is 5.78 Å². The third-order valence-electron chi connectivity index (χ3n) is 1.94. The highest BCUT2D eigenvalue weighted by Crippen LogP contribution is 1.92. The number of ketones is 1. The van der Waals surface area contributed by atoms with Gasteiger partial charge in [-0.25, -0.2) is 0 Å². The molecule has 0 radical (unpaired) electrons. The van der Waals surface area contributed by atoms with Crippen LogP contribution in [0.1, 0.15) is 26.2 Å². The second-order valence-electron chi connectivity index (χ2n) is 3.55. The first-order chi connectivity index (χ1) is 6.16. The lowest BCUT2D eigenvalue weighted by Gasteiger charge is -2.09. The number of nitrogens with one attached hydrogen (secondary N) is 1. The summed E-state index contributed by atoms with van der Waals surface area (Å²) in [6, 6.07) is 0. The average molecular weight is 186 g/mol. The lowest BCUT2D eigenvalue weighted by atomic mass is 10.2. The molecule has 0 aromatic heterocycles. The first-order valence-corrected chi connectivity index (χ1v) is 5.04. The Kier molecular flexibility index (Phi) is 7.94. The van der Waals surface area contributed by atoms with Crippen LogP contribution in [0.2, 0.25) is 0 Å². The van der Waals surface area contributed by atoms with Crippen molar-refractivity contribution in [2.24, 2.45) is 0 Å². The molecule has 0 saturated heterocycles. The Morgan fingerprint density at radius 1 is 1.31 bits per heavy atom. The fourth-order valence-corrected chi connectivity index (χ4v) is 1.01. The van der Waals surface area contributed by atoms with Crippen molar-refractivity contribution in [3.05, 3.63) is 0 Å². The van der Waals surface area contributed by atoms with E-state index in [2.05, 4.69) is 24.3 Å². The first kappa shape index (κ1) is 12.6. The zero-order valence-corrected chi connectivity index (χ0v) is 9.10. The van der Waals surface area contributed by atoms with Crippen molar-refractivity contribution in [3.63, 3.8) is 0 Å². The Morgan fingerprint density at radius 2 is 2.00 bits per heavy atom. The molecule has 0 atom stereocenters. The summed E-state index contributed by atoms with van der Waals surface area (Å²) in [7, 11) is 4.12. The van der Waals surface area contributed by atoms with Crippen molar-refractivity contribution in [3.8, 4) is 0 Å². The maximum atomic E-state index is 10.9. The van der Waals surface area contributed by atoms with Crippen molar-refractivity contribution in [1.29, 1.82) is 0 Å². The van der Waals surface area contributed by atoms with Crippen LogP contribution in [-0.4, -0.2) is 44.4 Å². The number of carbonyl (C=O) groups is 1. The summed E-state index contributed by atoms with van der Waals surface area (Å²) in [5, 5.41) is 3.30. The van der Waals surface area contributed by atoms with Gasteiger partial charge in [-0.3, -0.25) is 4.79 Å². The number of rotatable bonds is 8. The molecule has 0 unspecified atom stereocenters. The van der Waals surface area contributed by atoms with E-state index in [0.29, 0.717) is 12.2 Å². The molecule has 0 aromatic rings. The minimum absolute atomic E-state index is 0.370. The van der Waals surface area contributed by atoms with Crippen LogP contribution in [0.5, 0.6) is 0 Å². The Hall–Kier alpha value is -0.410. The van der Waals surface area contributed by atoms with Crippen molar-refractivity contribution in [2.75, 3.05) is 33.7 Å². The maximum absolute atomic E-state index is 10.9. The average Bonchev–Trinajstić information content (AvgIpc) is 2.10. The predicted molar refractivity (Wildman–Crippen MR) is 56.0 cm³/mol. The molecule has 1 N–H and O–H groups in total. The minimum Gasteiger partial charge on any atom is -0.315 e. The molecule has 0 saturated carbocycles. The Morgan fingerprint density at radius 3 is 2.54 bits per heavy atom. The van der Waals surface area contributed by atoms with E-state index in [9.17, 15) is 4.79 Å². The van der Waals surface area contributed by atoms with E-state index >= 15 is 0 Å². The van der Waals surface area contributed by atoms with Gasteiger partial charge < -0.3 is 10.2 Å². The molecule has 0 spiro atoms.